The highest BCUT2D eigenvalue weighted by Crippen LogP contribution is 2.36. The normalized spacial score (nSPS) is 38.5. The van der Waals surface area contributed by atoms with Crippen LogP contribution >= 0.6 is 0 Å². The first-order valence-corrected chi connectivity index (χ1v) is 3.48. The minimum atomic E-state index is -0.672. The molecule has 0 amide bonds. The molecule has 0 heterocycles. The number of methoxy groups -OCH3 is 1. The molecule has 2 N–H and O–H groups in total. The van der Waals surface area contributed by atoms with E-state index in [4.69, 9.17) is 5.73 Å². The van der Waals surface area contributed by atoms with Crippen LogP contribution in [0.25, 0.3) is 0 Å². The molecular formula is C7H13NO2. The molecule has 10 heavy (non-hydrogen) atoms. The van der Waals surface area contributed by atoms with Crippen LogP contribution in [0.3, 0.4) is 0 Å². The van der Waals surface area contributed by atoms with Crippen LogP contribution in [0.4, 0.5) is 0 Å². The maximum Gasteiger partial charge on any atom is 0.326 e. The van der Waals surface area contributed by atoms with Crippen molar-refractivity contribution in [2.24, 2.45) is 11.7 Å². The van der Waals surface area contributed by atoms with Crippen molar-refractivity contribution in [3.05, 3.63) is 0 Å². The van der Waals surface area contributed by atoms with E-state index in [2.05, 4.69) is 4.74 Å². The van der Waals surface area contributed by atoms with Gasteiger partial charge in [0.15, 0.2) is 0 Å². The minimum Gasteiger partial charge on any atom is -0.468 e. The van der Waals surface area contributed by atoms with Gasteiger partial charge in [0.25, 0.3) is 0 Å². The summed E-state index contributed by atoms with van der Waals surface area (Å²) in [5.41, 5.74) is 5.05. The zero-order valence-electron chi connectivity index (χ0n) is 6.39. The molecule has 0 aromatic carbocycles. The zero-order valence-corrected chi connectivity index (χ0v) is 6.39. The fraction of sp³-hybridized carbons (Fsp3) is 0.857. The number of esters is 1. The fourth-order valence-electron chi connectivity index (χ4n) is 1.24. The Kier molecular flexibility index (Phi) is 1.68. The van der Waals surface area contributed by atoms with E-state index in [-0.39, 0.29) is 11.9 Å². The van der Waals surface area contributed by atoms with Gasteiger partial charge in [0, 0.05) is 0 Å². The van der Waals surface area contributed by atoms with Gasteiger partial charge in [0.2, 0.25) is 0 Å². The predicted molar refractivity (Wildman–Crippen MR) is 37.3 cm³/mol. The summed E-state index contributed by atoms with van der Waals surface area (Å²) in [6.45, 7) is 1.97. The maximum absolute atomic E-state index is 11.0. The predicted octanol–water partition coefficient (Wildman–Crippen LogP) is 0.287. The van der Waals surface area contributed by atoms with Crippen molar-refractivity contribution in [2.45, 2.75) is 25.3 Å². The number of rotatable bonds is 1. The van der Waals surface area contributed by atoms with Crippen molar-refractivity contribution in [2.75, 3.05) is 7.11 Å². The highest BCUT2D eigenvalue weighted by atomic mass is 16.5. The molecule has 2 atom stereocenters. The van der Waals surface area contributed by atoms with Crippen molar-refractivity contribution in [1.82, 2.24) is 0 Å². The Labute approximate surface area is 60.5 Å². The van der Waals surface area contributed by atoms with E-state index < -0.39 is 5.54 Å². The molecule has 0 spiro atoms. The smallest absolute Gasteiger partial charge is 0.326 e. The highest BCUT2D eigenvalue weighted by Gasteiger charge is 2.47. The summed E-state index contributed by atoms with van der Waals surface area (Å²) in [4.78, 5) is 11.0. The van der Waals surface area contributed by atoms with Gasteiger partial charge in [-0.05, 0) is 18.8 Å². The Morgan fingerprint density at radius 3 is 2.50 bits per heavy atom. The number of hydrogen-bond acceptors (Lipinski definition) is 3. The molecule has 0 aromatic heterocycles. The zero-order chi connectivity index (χ0) is 7.78. The number of nitrogens with two attached hydrogens (primary N) is 1. The molecule has 0 radical (unpaired) electrons. The second-order valence-corrected chi connectivity index (χ2v) is 2.97. The summed E-state index contributed by atoms with van der Waals surface area (Å²) in [5.74, 6) is 0.00574. The van der Waals surface area contributed by atoms with Gasteiger partial charge in [-0.3, -0.25) is 4.79 Å². The quantitative estimate of drug-likeness (QED) is 0.537. The molecular weight excluding hydrogens is 130 g/mol. The van der Waals surface area contributed by atoms with Crippen LogP contribution in [-0.4, -0.2) is 18.6 Å². The first-order chi connectivity index (χ1) is 4.61. The van der Waals surface area contributed by atoms with Gasteiger partial charge in [-0.25, -0.2) is 0 Å². The number of hydrogen-bond donors (Lipinski definition) is 1. The number of carbonyl (C=O) groups is 1. The highest BCUT2D eigenvalue weighted by molar-refractivity contribution is 5.82. The van der Waals surface area contributed by atoms with Crippen molar-refractivity contribution < 1.29 is 9.53 Å². The van der Waals surface area contributed by atoms with Gasteiger partial charge in [-0.2, -0.15) is 0 Å². The molecule has 0 aliphatic heterocycles. The largest absolute Gasteiger partial charge is 0.468 e. The molecule has 1 aliphatic carbocycles. The van der Waals surface area contributed by atoms with Crippen molar-refractivity contribution in [3.8, 4) is 0 Å². The molecule has 0 unspecified atom stereocenters. The molecule has 1 aliphatic rings. The molecule has 58 valence electrons. The molecule has 0 aromatic rings. The van der Waals surface area contributed by atoms with Gasteiger partial charge in [-0.15, -0.1) is 0 Å². The number of ether oxygens (including phenoxy) is 1. The average molecular weight is 143 g/mol. The van der Waals surface area contributed by atoms with E-state index in [9.17, 15) is 4.79 Å². The van der Waals surface area contributed by atoms with E-state index in [1.807, 2.05) is 6.92 Å². The Morgan fingerprint density at radius 2 is 2.40 bits per heavy atom. The topological polar surface area (TPSA) is 52.3 Å². The minimum absolute atomic E-state index is 0.272. The van der Waals surface area contributed by atoms with Gasteiger partial charge < -0.3 is 10.5 Å². The van der Waals surface area contributed by atoms with E-state index in [1.54, 1.807) is 0 Å². The first-order valence-electron chi connectivity index (χ1n) is 3.48. The van der Waals surface area contributed by atoms with Crippen LogP contribution in [0, 0.1) is 5.92 Å². The van der Waals surface area contributed by atoms with Crippen LogP contribution in [0.15, 0.2) is 0 Å². The lowest BCUT2D eigenvalue weighted by molar-refractivity contribution is -0.153. The molecule has 3 heteroatoms. The third-order valence-corrected chi connectivity index (χ3v) is 2.44. The first kappa shape index (κ1) is 7.54. The summed E-state index contributed by atoms with van der Waals surface area (Å²) in [7, 11) is 1.38. The Hall–Kier alpha value is -0.570. The summed E-state index contributed by atoms with van der Waals surface area (Å²) in [6.07, 6.45) is 1.80. The van der Waals surface area contributed by atoms with Gasteiger partial charge >= 0.3 is 5.97 Å². The number of carbonyl (C=O) groups excluding carboxylic acids is 1. The van der Waals surface area contributed by atoms with Crippen LogP contribution in [-0.2, 0) is 9.53 Å². The maximum atomic E-state index is 11.0. The Morgan fingerprint density at radius 1 is 1.80 bits per heavy atom. The summed E-state index contributed by atoms with van der Waals surface area (Å²) < 4.78 is 4.56. The van der Waals surface area contributed by atoms with Crippen LogP contribution in [0.2, 0.25) is 0 Å². The van der Waals surface area contributed by atoms with E-state index in [0.717, 1.165) is 12.8 Å². The van der Waals surface area contributed by atoms with Gasteiger partial charge in [-0.1, -0.05) is 6.92 Å². The van der Waals surface area contributed by atoms with E-state index in [1.165, 1.54) is 7.11 Å². The third-order valence-electron chi connectivity index (χ3n) is 2.44. The standard InChI is InChI=1S/C7H13NO2/c1-5-3-4-7(5,8)6(9)10-2/h5H,3-4,8H2,1-2H3/t5-,7+/m0/s1. The summed E-state index contributed by atoms with van der Waals surface area (Å²) >= 11 is 0. The van der Waals surface area contributed by atoms with Crippen molar-refractivity contribution in [3.63, 3.8) is 0 Å². The molecule has 1 rings (SSSR count). The lowest BCUT2D eigenvalue weighted by Crippen LogP contribution is -2.60. The average Bonchev–Trinajstić information content (AvgIpc) is 1.98. The van der Waals surface area contributed by atoms with Gasteiger partial charge in [0.05, 0.1) is 7.11 Å². The molecule has 1 saturated carbocycles. The summed E-state index contributed by atoms with van der Waals surface area (Å²) in [5, 5.41) is 0. The molecule has 1 fully saturated rings. The van der Waals surface area contributed by atoms with Crippen LogP contribution in [0.5, 0.6) is 0 Å². The van der Waals surface area contributed by atoms with Crippen molar-refractivity contribution >= 4 is 5.97 Å². The van der Waals surface area contributed by atoms with Crippen LogP contribution in [0.1, 0.15) is 19.8 Å². The van der Waals surface area contributed by atoms with Crippen LogP contribution < -0.4 is 5.73 Å². The molecule has 0 bridgehead atoms. The van der Waals surface area contributed by atoms with Gasteiger partial charge in [0.1, 0.15) is 5.54 Å². The monoisotopic (exact) mass is 143 g/mol. The molecule has 3 nitrogen and oxygen atoms in total. The summed E-state index contributed by atoms with van der Waals surface area (Å²) in [6, 6.07) is 0. The molecule has 0 saturated heterocycles. The fourth-order valence-corrected chi connectivity index (χ4v) is 1.24. The third kappa shape index (κ3) is 0.814. The van der Waals surface area contributed by atoms with E-state index in [0.29, 0.717) is 0 Å². The Balaban J connectivity index is 2.60. The van der Waals surface area contributed by atoms with E-state index >= 15 is 0 Å². The second-order valence-electron chi connectivity index (χ2n) is 2.97. The lowest BCUT2D eigenvalue weighted by Gasteiger charge is -2.41. The SMILES string of the molecule is COC(=O)[C@@]1(N)CC[C@@H]1C. The second kappa shape index (κ2) is 2.23. The van der Waals surface area contributed by atoms with Crippen molar-refractivity contribution in [1.29, 1.82) is 0 Å². The lowest BCUT2D eigenvalue weighted by atomic mass is 9.68. The Bertz CT molecular complexity index is 158.